The van der Waals surface area contributed by atoms with Crippen molar-refractivity contribution >= 4 is 122 Å². The molecule has 14 aromatic rings. The highest BCUT2D eigenvalue weighted by atomic mass is 15.2. The quantitative estimate of drug-likeness (QED) is 0.127. The molecule has 5 nitrogen and oxygen atoms in total. The van der Waals surface area contributed by atoms with Crippen LogP contribution >= 0.6 is 0 Å². The van der Waals surface area contributed by atoms with Crippen LogP contribution in [-0.4, -0.2) is 21.7 Å². The first-order chi connectivity index (χ1) is 38.4. The normalized spacial score (nSPS) is 13.4. The number of rotatable bonds is 5. The van der Waals surface area contributed by atoms with Gasteiger partial charge in [-0.05, 0) is 152 Å². The summed E-state index contributed by atoms with van der Waals surface area (Å²) in [5.74, 6) is 1.86. The fourth-order valence-corrected chi connectivity index (χ4v) is 13.4. The van der Waals surface area contributed by atoms with Gasteiger partial charge in [-0.2, -0.15) is 0 Å². The lowest BCUT2D eigenvalue weighted by Crippen LogP contribution is -2.61. The van der Waals surface area contributed by atoms with Crippen LogP contribution in [0.3, 0.4) is 0 Å². The van der Waals surface area contributed by atoms with Gasteiger partial charge in [0, 0.05) is 50.8 Å². The molecule has 1 aromatic heterocycles. The molecule has 3 heterocycles. The molecule has 0 saturated heterocycles. The number of hydrogen-bond donors (Lipinski definition) is 0. The van der Waals surface area contributed by atoms with E-state index < -0.39 is 0 Å². The van der Waals surface area contributed by atoms with E-state index in [2.05, 4.69) is 258 Å². The molecule has 79 heavy (non-hydrogen) atoms. The van der Waals surface area contributed by atoms with E-state index in [1.165, 1.54) is 104 Å². The predicted octanol–water partition coefficient (Wildman–Crippen LogP) is 17.3. The summed E-state index contributed by atoms with van der Waals surface area (Å²) in [7, 11) is 0. The third-order valence-electron chi connectivity index (χ3n) is 17.2. The average Bonchev–Trinajstić information content (AvgIpc) is 2.41. The molecule has 0 unspecified atom stereocenters. The van der Waals surface area contributed by atoms with Gasteiger partial charge in [-0.1, -0.05) is 211 Å². The van der Waals surface area contributed by atoms with E-state index in [4.69, 9.17) is 15.0 Å². The van der Waals surface area contributed by atoms with Gasteiger partial charge in [-0.15, -0.1) is 0 Å². The summed E-state index contributed by atoms with van der Waals surface area (Å²) in [5.41, 5.74) is 15.8. The number of hydrogen-bond acceptors (Lipinski definition) is 5. The molecule has 0 saturated carbocycles. The Bertz CT molecular complexity index is 4460. The first-order valence-corrected chi connectivity index (χ1v) is 27.7. The molecule has 0 bridgehead atoms. The lowest BCUT2D eigenvalue weighted by atomic mass is 9.32. The van der Waals surface area contributed by atoms with Crippen LogP contribution in [-0.2, 0) is 10.8 Å². The first-order valence-electron chi connectivity index (χ1n) is 27.7. The van der Waals surface area contributed by atoms with Crippen LogP contribution in [0.4, 0.5) is 34.1 Å². The van der Waals surface area contributed by atoms with Crippen molar-refractivity contribution in [3.05, 3.63) is 230 Å². The molecule has 0 atom stereocenters. The van der Waals surface area contributed by atoms with E-state index in [1.807, 2.05) is 12.1 Å². The minimum absolute atomic E-state index is 0.0352. The lowest BCUT2D eigenvalue weighted by molar-refractivity contribution is 0.590. The summed E-state index contributed by atoms with van der Waals surface area (Å²) < 4.78 is 0. The van der Waals surface area contributed by atoms with Crippen LogP contribution in [0.25, 0.3) is 98.8 Å². The number of benzene rings is 13. The van der Waals surface area contributed by atoms with Crippen LogP contribution in [0, 0.1) is 0 Å². The number of fused-ring (bicyclic) bond motifs is 6. The number of aromatic nitrogens is 3. The summed E-state index contributed by atoms with van der Waals surface area (Å²) in [4.78, 5) is 21.2. The largest absolute Gasteiger partial charge is 0.311 e. The van der Waals surface area contributed by atoms with Crippen LogP contribution in [0.1, 0.15) is 52.7 Å². The molecule has 0 amide bonds. The van der Waals surface area contributed by atoms with Crippen molar-refractivity contribution < 1.29 is 0 Å². The highest BCUT2D eigenvalue weighted by Gasteiger charge is 2.46. The molecular formula is C73H54BN5. The van der Waals surface area contributed by atoms with E-state index in [9.17, 15) is 0 Å². The van der Waals surface area contributed by atoms with Gasteiger partial charge in [0.2, 0.25) is 0 Å². The van der Waals surface area contributed by atoms with Crippen LogP contribution in [0.2, 0.25) is 0 Å². The van der Waals surface area contributed by atoms with E-state index in [1.54, 1.807) is 0 Å². The standard InChI is InChI=1S/C73H54BN5/c1-72(2,3)52-29-33-54(34-30-52)78-58-39-49-25-23-43-19-13-21-45-27-37-56(64(49)62(43)45)66(58)74-67-57-38-28-46-22-14-20-44-24-26-50(65(57)63(44)46)40-59(67)79(55-35-31-53(32-36-55)73(4,5)6)61-42-51(41-60(78)68(61)74)71-76-69(47-15-9-7-10-16-47)75-70(77-71)48-17-11-8-12-18-48/h7-42H,1-6H3. The molecular weight excluding hydrogens is 958 g/mol. The molecule has 2 aliphatic rings. The van der Waals surface area contributed by atoms with Crippen LogP contribution in [0.15, 0.2) is 218 Å². The maximum absolute atomic E-state index is 5.45. The zero-order valence-corrected chi connectivity index (χ0v) is 45.1. The van der Waals surface area contributed by atoms with Gasteiger partial charge in [-0.25, -0.2) is 15.0 Å². The molecule has 0 radical (unpaired) electrons. The lowest BCUT2D eigenvalue weighted by Gasteiger charge is -2.45. The van der Waals surface area contributed by atoms with Gasteiger partial charge >= 0.3 is 0 Å². The summed E-state index contributed by atoms with van der Waals surface area (Å²) in [5, 5.41) is 15.3. The number of nitrogens with zero attached hydrogens (tertiary/aromatic N) is 5. The van der Waals surface area contributed by atoms with Crippen molar-refractivity contribution in [2.45, 2.75) is 52.4 Å². The average molecular weight is 1010 g/mol. The van der Waals surface area contributed by atoms with Crippen LogP contribution < -0.4 is 26.2 Å². The summed E-state index contributed by atoms with van der Waals surface area (Å²) in [6.45, 7) is 13.6. The molecule has 0 fully saturated rings. The highest BCUT2D eigenvalue weighted by Crippen LogP contribution is 2.51. The van der Waals surface area contributed by atoms with Gasteiger partial charge in [0.25, 0.3) is 6.71 Å². The zero-order chi connectivity index (χ0) is 53.1. The molecule has 13 aromatic carbocycles. The molecule has 2 aliphatic heterocycles. The Morgan fingerprint density at radius 1 is 0.304 bits per heavy atom. The van der Waals surface area contributed by atoms with Crippen molar-refractivity contribution in [2.75, 3.05) is 9.80 Å². The summed E-state index contributed by atoms with van der Waals surface area (Å²) in [6.07, 6.45) is 0. The molecule has 374 valence electrons. The van der Waals surface area contributed by atoms with E-state index in [-0.39, 0.29) is 17.5 Å². The zero-order valence-electron chi connectivity index (χ0n) is 45.1. The van der Waals surface area contributed by atoms with Crippen molar-refractivity contribution in [1.82, 2.24) is 15.0 Å². The Hall–Kier alpha value is -9.39. The van der Waals surface area contributed by atoms with Gasteiger partial charge in [-0.3, -0.25) is 0 Å². The van der Waals surface area contributed by atoms with E-state index in [0.717, 1.165) is 39.4 Å². The topological polar surface area (TPSA) is 45.2 Å². The number of anilines is 6. The molecule has 16 rings (SSSR count). The van der Waals surface area contributed by atoms with Crippen molar-refractivity contribution in [1.29, 1.82) is 0 Å². The Kier molecular flexibility index (Phi) is 9.60. The Morgan fingerprint density at radius 3 is 1.05 bits per heavy atom. The van der Waals surface area contributed by atoms with Crippen LogP contribution in [0.5, 0.6) is 0 Å². The minimum atomic E-state index is -0.188. The SMILES string of the molecule is CC(C)(C)c1ccc(N2c3cc(-c4nc(-c5ccccc5)nc(-c5ccccc5)n4)cc4c3B(c3c2cc2ccc5cccc6ccc3c2c56)c2c(cc3ccc5cccc6ccc2c3c56)N4c2ccc(C(C)(C)C)cc2)cc1. The second kappa shape index (κ2) is 16.6. The van der Waals surface area contributed by atoms with Gasteiger partial charge in [0.05, 0.1) is 0 Å². The Morgan fingerprint density at radius 2 is 0.658 bits per heavy atom. The maximum Gasteiger partial charge on any atom is 0.253 e. The van der Waals surface area contributed by atoms with Crippen molar-refractivity contribution in [3.8, 4) is 34.2 Å². The monoisotopic (exact) mass is 1010 g/mol. The Balaban J connectivity index is 1.09. The van der Waals surface area contributed by atoms with Gasteiger partial charge in [0.15, 0.2) is 17.5 Å². The fourth-order valence-electron chi connectivity index (χ4n) is 13.4. The third-order valence-corrected chi connectivity index (χ3v) is 17.2. The molecule has 0 spiro atoms. The smallest absolute Gasteiger partial charge is 0.253 e. The first kappa shape index (κ1) is 45.8. The predicted molar refractivity (Wildman–Crippen MR) is 335 cm³/mol. The second-order valence-electron chi connectivity index (χ2n) is 24.0. The second-order valence-corrected chi connectivity index (χ2v) is 24.0. The van der Waals surface area contributed by atoms with Gasteiger partial charge < -0.3 is 9.80 Å². The molecule has 0 N–H and O–H groups in total. The molecule has 6 heteroatoms. The van der Waals surface area contributed by atoms with E-state index >= 15 is 0 Å². The Labute approximate surface area is 460 Å². The van der Waals surface area contributed by atoms with Crippen molar-refractivity contribution in [2.24, 2.45) is 0 Å². The summed E-state index contributed by atoms with van der Waals surface area (Å²) in [6, 6.07) is 81.4. The molecule has 0 aliphatic carbocycles. The summed E-state index contributed by atoms with van der Waals surface area (Å²) >= 11 is 0. The third kappa shape index (κ3) is 6.86. The van der Waals surface area contributed by atoms with Crippen molar-refractivity contribution in [3.63, 3.8) is 0 Å². The minimum Gasteiger partial charge on any atom is -0.311 e. The van der Waals surface area contributed by atoms with Gasteiger partial charge in [0.1, 0.15) is 0 Å². The fraction of sp³-hybridized carbons (Fsp3) is 0.110. The maximum atomic E-state index is 5.45. The highest BCUT2D eigenvalue weighted by molar-refractivity contribution is 7.03. The van der Waals surface area contributed by atoms with E-state index in [0.29, 0.717) is 17.5 Å².